The molecule has 3 rings (SSSR count). The van der Waals surface area contributed by atoms with Crippen LogP contribution in [0.15, 0.2) is 40.9 Å². The van der Waals surface area contributed by atoms with Crippen molar-refractivity contribution in [1.29, 1.82) is 0 Å². The number of halogens is 2. The minimum Gasteiger partial charge on any atom is -0.382 e. The lowest BCUT2D eigenvalue weighted by Gasteiger charge is -2.37. The first-order valence-corrected chi connectivity index (χ1v) is 8.49. The first-order valence-electron chi connectivity index (χ1n) is 7.31. The third-order valence-electron chi connectivity index (χ3n) is 4.33. The van der Waals surface area contributed by atoms with Gasteiger partial charge in [-0.1, -0.05) is 39.7 Å². The van der Waals surface area contributed by atoms with Gasteiger partial charge in [-0.05, 0) is 73.6 Å². The first kappa shape index (κ1) is 14.9. The summed E-state index contributed by atoms with van der Waals surface area (Å²) in [5.74, 6) is 0.663. The van der Waals surface area contributed by atoms with E-state index in [0.717, 1.165) is 9.50 Å². The van der Waals surface area contributed by atoms with Crippen LogP contribution in [0.4, 0.5) is 5.69 Å². The van der Waals surface area contributed by atoms with Crippen molar-refractivity contribution in [3.63, 3.8) is 0 Å². The van der Waals surface area contributed by atoms with Gasteiger partial charge in [0.15, 0.2) is 0 Å². The van der Waals surface area contributed by atoms with E-state index in [1.165, 1.54) is 35.2 Å². The topological polar surface area (TPSA) is 12.0 Å². The second kappa shape index (κ2) is 6.02. The number of nitrogens with one attached hydrogen (secondary N) is 1. The van der Waals surface area contributed by atoms with Crippen molar-refractivity contribution in [3.8, 4) is 0 Å². The molecular weight excluding hydrogens is 346 g/mol. The number of benzene rings is 2. The van der Waals surface area contributed by atoms with Gasteiger partial charge in [-0.15, -0.1) is 0 Å². The van der Waals surface area contributed by atoms with Crippen LogP contribution in [0.25, 0.3) is 0 Å². The zero-order valence-corrected chi connectivity index (χ0v) is 14.6. The molecule has 0 unspecified atom stereocenters. The van der Waals surface area contributed by atoms with Crippen LogP contribution in [0.1, 0.15) is 35.4 Å². The number of rotatable bonds is 3. The van der Waals surface area contributed by atoms with Crippen LogP contribution in [0.5, 0.6) is 0 Å². The van der Waals surface area contributed by atoms with E-state index in [9.17, 15) is 0 Å². The summed E-state index contributed by atoms with van der Waals surface area (Å²) >= 11 is 9.50. The maximum Gasteiger partial charge on any atom is 0.0406 e. The molecule has 1 nitrogen and oxygen atoms in total. The molecule has 110 valence electrons. The number of hydrogen-bond donors (Lipinski definition) is 1. The van der Waals surface area contributed by atoms with Gasteiger partial charge in [0.05, 0.1) is 0 Å². The Morgan fingerprint density at radius 1 is 1.05 bits per heavy atom. The van der Waals surface area contributed by atoms with E-state index in [-0.39, 0.29) is 0 Å². The number of hydrogen-bond acceptors (Lipinski definition) is 1. The fraction of sp³-hybridized carbons (Fsp3) is 0.333. The van der Waals surface area contributed by atoms with Crippen LogP contribution in [-0.2, 0) is 0 Å². The van der Waals surface area contributed by atoms with Crippen LogP contribution >= 0.6 is 27.5 Å². The van der Waals surface area contributed by atoms with E-state index in [1.807, 2.05) is 12.1 Å². The van der Waals surface area contributed by atoms with Crippen molar-refractivity contribution in [2.75, 3.05) is 5.32 Å². The summed E-state index contributed by atoms with van der Waals surface area (Å²) in [6.07, 6.45) is 2.38. The monoisotopic (exact) mass is 363 g/mol. The van der Waals surface area contributed by atoms with Gasteiger partial charge in [0.2, 0.25) is 0 Å². The van der Waals surface area contributed by atoms with Crippen molar-refractivity contribution >= 4 is 33.2 Å². The van der Waals surface area contributed by atoms with Gasteiger partial charge in [-0.25, -0.2) is 0 Å². The maximum absolute atomic E-state index is 5.94. The van der Waals surface area contributed by atoms with E-state index in [0.29, 0.717) is 12.0 Å². The molecule has 1 saturated carbocycles. The van der Waals surface area contributed by atoms with Crippen LogP contribution in [0.3, 0.4) is 0 Å². The maximum atomic E-state index is 5.94. The van der Waals surface area contributed by atoms with Crippen molar-refractivity contribution in [3.05, 3.63) is 62.6 Å². The molecule has 0 heterocycles. The van der Waals surface area contributed by atoms with Gasteiger partial charge in [0, 0.05) is 21.2 Å². The first-order chi connectivity index (χ1) is 10.0. The van der Waals surface area contributed by atoms with Crippen LogP contribution < -0.4 is 5.32 Å². The SMILES string of the molecule is Cc1cc(Br)cc(C)c1NC1CC(c2ccc(Cl)cc2)C1. The molecule has 1 aliphatic carbocycles. The van der Waals surface area contributed by atoms with Gasteiger partial charge in [-0.2, -0.15) is 0 Å². The highest BCUT2D eigenvalue weighted by Crippen LogP contribution is 2.39. The highest BCUT2D eigenvalue weighted by atomic mass is 79.9. The average Bonchev–Trinajstić information content (AvgIpc) is 2.37. The third-order valence-corrected chi connectivity index (χ3v) is 5.04. The summed E-state index contributed by atoms with van der Waals surface area (Å²) in [5.41, 5.74) is 5.30. The molecule has 0 amide bonds. The Kier molecular flexibility index (Phi) is 4.28. The molecule has 0 bridgehead atoms. The highest BCUT2D eigenvalue weighted by molar-refractivity contribution is 9.10. The Labute approximate surface area is 139 Å². The molecule has 1 aliphatic rings. The second-order valence-corrected chi connectivity index (χ2v) is 7.33. The molecule has 2 aromatic carbocycles. The molecule has 0 aromatic heterocycles. The Balaban J connectivity index is 1.64. The molecule has 3 heteroatoms. The number of aryl methyl sites for hydroxylation is 2. The van der Waals surface area contributed by atoms with Crippen molar-refractivity contribution < 1.29 is 0 Å². The molecular formula is C18H19BrClN. The molecule has 1 fully saturated rings. The lowest BCUT2D eigenvalue weighted by Crippen LogP contribution is -2.34. The molecule has 0 spiro atoms. The highest BCUT2D eigenvalue weighted by Gasteiger charge is 2.30. The summed E-state index contributed by atoms with van der Waals surface area (Å²) in [4.78, 5) is 0. The largest absolute Gasteiger partial charge is 0.382 e. The average molecular weight is 365 g/mol. The molecule has 2 aromatic rings. The second-order valence-electron chi connectivity index (χ2n) is 5.98. The smallest absolute Gasteiger partial charge is 0.0406 e. The van der Waals surface area contributed by atoms with E-state index < -0.39 is 0 Å². The predicted octanol–water partition coefficient (Wildman–Crippen LogP) is 6.08. The summed E-state index contributed by atoms with van der Waals surface area (Å²) in [7, 11) is 0. The van der Waals surface area contributed by atoms with Crippen LogP contribution in [0.2, 0.25) is 5.02 Å². The zero-order chi connectivity index (χ0) is 15.0. The van der Waals surface area contributed by atoms with E-state index in [2.05, 4.69) is 59.4 Å². The molecule has 0 aliphatic heterocycles. The van der Waals surface area contributed by atoms with Gasteiger partial charge in [-0.3, -0.25) is 0 Å². The van der Waals surface area contributed by atoms with Crippen molar-refractivity contribution in [2.45, 2.75) is 38.6 Å². The lowest BCUT2D eigenvalue weighted by atomic mass is 9.75. The van der Waals surface area contributed by atoms with E-state index >= 15 is 0 Å². The zero-order valence-electron chi connectivity index (χ0n) is 12.3. The Morgan fingerprint density at radius 3 is 2.19 bits per heavy atom. The quantitative estimate of drug-likeness (QED) is 0.696. The van der Waals surface area contributed by atoms with Gasteiger partial charge in [0.25, 0.3) is 0 Å². The molecule has 1 N–H and O–H groups in total. The molecule has 0 atom stereocenters. The predicted molar refractivity (Wildman–Crippen MR) is 94.5 cm³/mol. The van der Waals surface area contributed by atoms with Crippen LogP contribution in [0, 0.1) is 13.8 Å². The van der Waals surface area contributed by atoms with Gasteiger partial charge < -0.3 is 5.32 Å². The lowest BCUT2D eigenvalue weighted by molar-refractivity contribution is 0.374. The van der Waals surface area contributed by atoms with E-state index in [4.69, 9.17) is 11.6 Å². The molecule has 21 heavy (non-hydrogen) atoms. The minimum absolute atomic E-state index is 0.573. The normalized spacial score (nSPS) is 21.0. The standard InChI is InChI=1S/C18H19BrClN/c1-11-7-15(19)8-12(2)18(11)21-17-9-14(10-17)13-3-5-16(20)6-4-13/h3-8,14,17,21H,9-10H2,1-2H3. The summed E-state index contributed by atoms with van der Waals surface area (Å²) in [6.45, 7) is 4.32. The van der Waals surface area contributed by atoms with E-state index in [1.54, 1.807) is 0 Å². The molecule has 0 radical (unpaired) electrons. The molecule has 0 saturated heterocycles. The number of anilines is 1. The third kappa shape index (κ3) is 3.27. The summed E-state index contributed by atoms with van der Waals surface area (Å²) in [6, 6.07) is 13.2. The minimum atomic E-state index is 0.573. The summed E-state index contributed by atoms with van der Waals surface area (Å²) in [5, 5.41) is 4.52. The Hall–Kier alpha value is -0.990. The van der Waals surface area contributed by atoms with Crippen molar-refractivity contribution in [1.82, 2.24) is 0 Å². The van der Waals surface area contributed by atoms with Crippen LogP contribution in [-0.4, -0.2) is 6.04 Å². The van der Waals surface area contributed by atoms with Crippen molar-refractivity contribution in [2.24, 2.45) is 0 Å². The van der Waals surface area contributed by atoms with Gasteiger partial charge >= 0.3 is 0 Å². The fourth-order valence-corrected chi connectivity index (χ4v) is 3.90. The Morgan fingerprint density at radius 2 is 1.62 bits per heavy atom. The summed E-state index contributed by atoms with van der Waals surface area (Å²) < 4.78 is 1.15. The fourth-order valence-electron chi connectivity index (χ4n) is 3.09. The van der Waals surface area contributed by atoms with Gasteiger partial charge in [0.1, 0.15) is 0 Å². The Bertz CT molecular complexity index is 622.